The van der Waals surface area contributed by atoms with Gasteiger partial charge in [-0.05, 0) is 25.8 Å². The SMILES string of the molecule is CCCC(C)C1=CCN(C)CC1. The molecule has 0 bridgehead atoms. The Morgan fingerprint density at radius 2 is 2.33 bits per heavy atom. The summed E-state index contributed by atoms with van der Waals surface area (Å²) in [6.07, 6.45) is 6.38. The van der Waals surface area contributed by atoms with Crippen LogP contribution in [0.25, 0.3) is 0 Å². The van der Waals surface area contributed by atoms with Crippen LogP contribution in [-0.2, 0) is 0 Å². The zero-order chi connectivity index (χ0) is 8.97. The van der Waals surface area contributed by atoms with E-state index in [9.17, 15) is 0 Å². The second kappa shape index (κ2) is 4.66. The lowest BCUT2D eigenvalue weighted by Crippen LogP contribution is -2.25. The third-order valence-corrected chi connectivity index (χ3v) is 2.80. The topological polar surface area (TPSA) is 3.24 Å². The third kappa shape index (κ3) is 2.63. The standard InChI is InChI=1S/C11H21N/c1-4-5-10(2)11-6-8-12(3)9-7-11/h6,10H,4-5,7-9H2,1-3H3. The van der Waals surface area contributed by atoms with E-state index >= 15 is 0 Å². The molecule has 0 radical (unpaired) electrons. The zero-order valence-corrected chi connectivity index (χ0v) is 8.64. The number of hydrogen-bond donors (Lipinski definition) is 0. The Bertz CT molecular complexity index is 160. The molecule has 0 aliphatic carbocycles. The summed E-state index contributed by atoms with van der Waals surface area (Å²) < 4.78 is 0. The van der Waals surface area contributed by atoms with Crippen LogP contribution in [0.1, 0.15) is 33.1 Å². The first-order valence-corrected chi connectivity index (χ1v) is 5.11. The Kier molecular flexibility index (Phi) is 3.80. The van der Waals surface area contributed by atoms with Crippen LogP contribution in [0.5, 0.6) is 0 Å². The van der Waals surface area contributed by atoms with Crippen LogP contribution in [0.2, 0.25) is 0 Å². The van der Waals surface area contributed by atoms with Gasteiger partial charge in [0.15, 0.2) is 0 Å². The first kappa shape index (κ1) is 9.79. The van der Waals surface area contributed by atoms with Crippen LogP contribution in [0, 0.1) is 5.92 Å². The highest BCUT2D eigenvalue weighted by molar-refractivity contribution is 5.09. The molecule has 0 N–H and O–H groups in total. The fourth-order valence-corrected chi connectivity index (χ4v) is 1.85. The lowest BCUT2D eigenvalue weighted by molar-refractivity contribution is 0.347. The van der Waals surface area contributed by atoms with Crippen LogP contribution in [0.15, 0.2) is 11.6 Å². The van der Waals surface area contributed by atoms with Gasteiger partial charge in [-0.1, -0.05) is 31.9 Å². The predicted molar refractivity (Wildman–Crippen MR) is 54.3 cm³/mol. The van der Waals surface area contributed by atoms with E-state index in [1.54, 1.807) is 5.57 Å². The molecule has 12 heavy (non-hydrogen) atoms. The quantitative estimate of drug-likeness (QED) is 0.584. The van der Waals surface area contributed by atoms with E-state index in [1.807, 2.05) is 0 Å². The van der Waals surface area contributed by atoms with Gasteiger partial charge in [-0.25, -0.2) is 0 Å². The smallest absolute Gasteiger partial charge is 0.0163 e. The molecule has 0 spiro atoms. The molecule has 1 atom stereocenters. The van der Waals surface area contributed by atoms with Crippen molar-refractivity contribution < 1.29 is 0 Å². The van der Waals surface area contributed by atoms with Crippen molar-refractivity contribution in [3.63, 3.8) is 0 Å². The molecule has 0 aromatic heterocycles. The van der Waals surface area contributed by atoms with Crippen molar-refractivity contribution in [2.24, 2.45) is 5.92 Å². The summed E-state index contributed by atoms with van der Waals surface area (Å²) in [6, 6.07) is 0. The summed E-state index contributed by atoms with van der Waals surface area (Å²) >= 11 is 0. The average Bonchev–Trinajstić information content (AvgIpc) is 2.06. The monoisotopic (exact) mass is 167 g/mol. The zero-order valence-electron chi connectivity index (χ0n) is 8.64. The van der Waals surface area contributed by atoms with Crippen LogP contribution in [0.3, 0.4) is 0 Å². The molecular formula is C11H21N. The molecule has 0 fully saturated rings. The molecule has 0 amide bonds. The van der Waals surface area contributed by atoms with E-state index in [0.29, 0.717) is 0 Å². The Hall–Kier alpha value is -0.300. The van der Waals surface area contributed by atoms with Crippen molar-refractivity contribution in [2.75, 3.05) is 20.1 Å². The largest absolute Gasteiger partial charge is 0.302 e. The average molecular weight is 167 g/mol. The lowest BCUT2D eigenvalue weighted by atomic mass is 9.92. The van der Waals surface area contributed by atoms with Crippen LogP contribution in [-0.4, -0.2) is 25.0 Å². The van der Waals surface area contributed by atoms with Gasteiger partial charge < -0.3 is 4.90 Å². The second-order valence-corrected chi connectivity index (χ2v) is 3.98. The number of rotatable bonds is 3. The highest BCUT2D eigenvalue weighted by Crippen LogP contribution is 2.22. The fourth-order valence-electron chi connectivity index (χ4n) is 1.85. The van der Waals surface area contributed by atoms with Crippen molar-refractivity contribution in [1.82, 2.24) is 4.90 Å². The second-order valence-electron chi connectivity index (χ2n) is 3.98. The molecule has 0 saturated carbocycles. The maximum atomic E-state index is 2.42. The van der Waals surface area contributed by atoms with Gasteiger partial charge in [0.05, 0.1) is 0 Å². The number of likely N-dealkylation sites (N-methyl/N-ethyl adjacent to an activating group) is 1. The summed E-state index contributed by atoms with van der Waals surface area (Å²) in [5.41, 5.74) is 1.69. The van der Waals surface area contributed by atoms with Crippen LogP contribution < -0.4 is 0 Å². The molecule has 1 nitrogen and oxygen atoms in total. The maximum absolute atomic E-state index is 2.42. The maximum Gasteiger partial charge on any atom is 0.0163 e. The molecule has 1 aliphatic heterocycles. The van der Waals surface area contributed by atoms with E-state index in [4.69, 9.17) is 0 Å². The summed E-state index contributed by atoms with van der Waals surface area (Å²) in [4.78, 5) is 2.38. The Morgan fingerprint density at radius 3 is 2.83 bits per heavy atom. The van der Waals surface area contributed by atoms with Gasteiger partial charge >= 0.3 is 0 Å². The van der Waals surface area contributed by atoms with Crippen molar-refractivity contribution in [1.29, 1.82) is 0 Å². The number of nitrogens with zero attached hydrogens (tertiary/aromatic N) is 1. The van der Waals surface area contributed by atoms with Crippen molar-refractivity contribution in [2.45, 2.75) is 33.1 Å². The molecule has 70 valence electrons. The van der Waals surface area contributed by atoms with Crippen molar-refractivity contribution in [3.05, 3.63) is 11.6 Å². The normalized spacial score (nSPS) is 22.1. The minimum Gasteiger partial charge on any atom is -0.302 e. The highest BCUT2D eigenvalue weighted by atomic mass is 15.1. The van der Waals surface area contributed by atoms with Gasteiger partial charge in [0.25, 0.3) is 0 Å². The highest BCUT2D eigenvalue weighted by Gasteiger charge is 2.12. The molecule has 0 saturated heterocycles. The Labute approximate surface area is 76.5 Å². The molecule has 1 aliphatic rings. The lowest BCUT2D eigenvalue weighted by Gasteiger charge is -2.25. The van der Waals surface area contributed by atoms with E-state index in [0.717, 1.165) is 12.5 Å². The van der Waals surface area contributed by atoms with Gasteiger partial charge in [0, 0.05) is 13.1 Å². The fraction of sp³-hybridized carbons (Fsp3) is 0.818. The molecule has 0 aromatic carbocycles. The van der Waals surface area contributed by atoms with Crippen LogP contribution in [0.4, 0.5) is 0 Å². The summed E-state index contributed by atoms with van der Waals surface area (Å²) in [5.74, 6) is 0.823. The minimum absolute atomic E-state index is 0.823. The van der Waals surface area contributed by atoms with Gasteiger partial charge in [0.1, 0.15) is 0 Å². The van der Waals surface area contributed by atoms with Crippen molar-refractivity contribution >= 4 is 0 Å². The van der Waals surface area contributed by atoms with E-state index in [-0.39, 0.29) is 0 Å². The van der Waals surface area contributed by atoms with E-state index in [2.05, 4.69) is 31.9 Å². The molecule has 1 heteroatoms. The Morgan fingerprint density at radius 1 is 1.58 bits per heavy atom. The van der Waals surface area contributed by atoms with Gasteiger partial charge in [-0.2, -0.15) is 0 Å². The molecule has 1 unspecified atom stereocenters. The van der Waals surface area contributed by atoms with E-state index in [1.165, 1.54) is 25.8 Å². The minimum atomic E-state index is 0.823. The van der Waals surface area contributed by atoms with E-state index < -0.39 is 0 Å². The molecule has 0 aromatic rings. The van der Waals surface area contributed by atoms with Gasteiger partial charge in [-0.3, -0.25) is 0 Å². The van der Waals surface area contributed by atoms with Crippen LogP contribution >= 0.6 is 0 Å². The first-order valence-electron chi connectivity index (χ1n) is 5.11. The number of hydrogen-bond acceptors (Lipinski definition) is 1. The summed E-state index contributed by atoms with van der Waals surface area (Å²) in [6.45, 7) is 7.04. The predicted octanol–water partition coefficient (Wildman–Crippen LogP) is 2.68. The molecular weight excluding hydrogens is 146 g/mol. The Balaban J connectivity index is 2.41. The summed E-state index contributed by atoms with van der Waals surface area (Å²) in [7, 11) is 2.19. The summed E-state index contributed by atoms with van der Waals surface area (Å²) in [5, 5.41) is 0. The third-order valence-electron chi connectivity index (χ3n) is 2.80. The van der Waals surface area contributed by atoms with Gasteiger partial charge in [-0.15, -0.1) is 0 Å². The molecule has 1 rings (SSSR count). The van der Waals surface area contributed by atoms with Crippen molar-refractivity contribution in [3.8, 4) is 0 Å². The van der Waals surface area contributed by atoms with Gasteiger partial charge in [0.2, 0.25) is 0 Å². The first-order chi connectivity index (χ1) is 5.74. The molecule has 1 heterocycles.